The van der Waals surface area contributed by atoms with Gasteiger partial charge in [-0.15, -0.1) is 0 Å². The van der Waals surface area contributed by atoms with Gasteiger partial charge in [0, 0.05) is 43.2 Å². The molecule has 1 amide bonds. The predicted molar refractivity (Wildman–Crippen MR) is 90.0 cm³/mol. The molecule has 0 N–H and O–H groups in total. The molecule has 0 spiro atoms. The number of carbonyl (C=O) groups excluding carboxylic acids is 1. The van der Waals surface area contributed by atoms with Gasteiger partial charge in [0.15, 0.2) is 0 Å². The fraction of sp³-hybridized carbons (Fsp3) is 0.611. The van der Waals surface area contributed by atoms with Crippen LogP contribution in [0.2, 0.25) is 5.02 Å². The lowest BCUT2D eigenvalue weighted by Gasteiger charge is -2.39. The summed E-state index contributed by atoms with van der Waals surface area (Å²) in [6.07, 6.45) is 4.63. The molecule has 1 aromatic carbocycles. The van der Waals surface area contributed by atoms with Crippen LogP contribution < -0.4 is 0 Å². The van der Waals surface area contributed by atoms with E-state index < -0.39 is 0 Å². The molecule has 3 rings (SSSR count). The molecule has 1 saturated heterocycles. The van der Waals surface area contributed by atoms with Crippen LogP contribution in [0.25, 0.3) is 0 Å². The zero-order valence-corrected chi connectivity index (χ0v) is 14.1. The second kappa shape index (κ2) is 7.01. The van der Waals surface area contributed by atoms with Crippen LogP contribution in [-0.2, 0) is 4.79 Å². The van der Waals surface area contributed by atoms with Crippen LogP contribution in [0.3, 0.4) is 0 Å². The first kappa shape index (κ1) is 15.8. The van der Waals surface area contributed by atoms with Crippen molar-refractivity contribution in [3.05, 3.63) is 34.9 Å². The minimum absolute atomic E-state index is 0.299. The second-order valence-electron chi connectivity index (χ2n) is 6.54. The molecule has 1 aromatic rings. The zero-order valence-electron chi connectivity index (χ0n) is 13.3. The van der Waals surface area contributed by atoms with Crippen LogP contribution in [0.15, 0.2) is 24.3 Å². The highest BCUT2D eigenvalue weighted by Gasteiger charge is 2.30. The second-order valence-corrected chi connectivity index (χ2v) is 6.95. The van der Waals surface area contributed by atoms with Gasteiger partial charge in [0.2, 0.25) is 5.91 Å². The first-order valence-electron chi connectivity index (χ1n) is 8.44. The molecule has 1 atom stereocenters. The van der Waals surface area contributed by atoms with E-state index in [0.717, 1.165) is 44.0 Å². The molecule has 120 valence electrons. The number of rotatable bonds is 3. The highest BCUT2D eigenvalue weighted by molar-refractivity contribution is 6.31. The van der Waals surface area contributed by atoms with Crippen LogP contribution in [-0.4, -0.2) is 41.9 Å². The lowest BCUT2D eigenvalue weighted by molar-refractivity contribution is -0.137. The highest BCUT2D eigenvalue weighted by atomic mass is 35.5. The minimum Gasteiger partial charge on any atom is -0.340 e. The van der Waals surface area contributed by atoms with Gasteiger partial charge in [0.05, 0.1) is 0 Å². The molecule has 1 heterocycles. The molecule has 1 aliphatic carbocycles. The Hall–Kier alpha value is -1.06. The Morgan fingerprint density at radius 2 is 1.77 bits per heavy atom. The van der Waals surface area contributed by atoms with E-state index in [1.807, 2.05) is 18.2 Å². The molecule has 1 saturated carbocycles. The summed E-state index contributed by atoms with van der Waals surface area (Å²) >= 11 is 6.31. The summed E-state index contributed by atoms with van der Waals surface area (Å²) in [5.74, 6) is 0.690. The third-order valence-electron chi connectivity index (χ3n) is 5.23. The third-order valence-corrected chi connectivity index (χ3v) is 5.58. The van der Waals surface area contributed by atoms with Crippen molar-refractivity contribution in [2.75, 3.05) is 26.2 Å². The number of benzene rings is 1. The predicted octanol–water partition coefficient (Wildman–Crippen LogP) is 3.74. The fourth-order valence-corrected chi connectivity index (χ4v) is 4.06. The summed E-state index contributed by atoms with van der Waals surface area (Å²) in [7, 11) is 0. The maximum atomic E-state index is 12.5. The molecule has 1 unspecified atom stereocenters. The standard InChI is InChI=1S/C18H25ClN2O/c1-14(16-8-4-5-9-17(16)19)20-10-12-21(13-11-20)18(22)15-6-2-3-7-15/h4-5,8-9,14-15H,2-3,6-7,10-13H2,1H3. The van der Waals surface area contributed by atoms with Crippen LogP contribution in [0.4, 0.5) is 0 Å². The van der Waals surface area contributed by atoms with Crippen molar-refractivity contribution in [3.63, 3.8) is 0 Å². The monoisotopic (exact) mass is 320 g/mol. The van der Waals surface area contributed by atoms with Gasteiger partial charge < -0.3 is 4.90 Å². The van der Waals surface area contributed by atoms with Crippen molar-refractivity contribution in [1.82, 2.24) is 9.80 Å². The molecule has 3 nitrogen and oxygen atoms in total. The Morgan fingerprint density at radius 3 is 2.41 bits per heavy atom. The highest BCUT2D eigenvalue weighted by Crippen LogP contribution is 2.29. The lowest BCUT2D eigenvalue weighted by Crippen LogP contribution is -2.50. The summed E-state index contributed by atoms with van der Waals surface area (Å²) in [4.78, 5) is 17.0. The maximum Gasteiger partial charge on any atom is 0.225 e. The SMILES string of the molecule is CC(c1ccccc1Cl)N1CCN(C(=O)C2CCCC2)CC1. The van der Waals surface area contributed by atoms with Crippen molar-refractivity contribution in [2.45, 2.75) is 38.6 Å². The van der Waals surface area contributed by atoms with Gasteiger partial charge >= 0.3 is 0 Å². The number of amides is 1. The molecule has 2 aliphatic rings. The molecule has 4 heteroatoms. The van der Waals surface area contributed by atoms with Gasteiger partial charge in [-0.2, -0.15) is 0 Å². The molecule has 0 aromatic heterocycles. The van der Waals surface area contributed by atoms with E-state index >= 15 is 0 Å². The lowest BCUT2D eigenvalue weighted by atomic mass is 10.0. The quantitative estimate of drug-likeness (QED) is 0.847. The normalized spacial score (nSPS) is 22.0. The Kier molecular flexibility index (Phi) is 5.04. The minimum atomic E-state index is 0.299. The smallest absolute Gasteiger partial charge is 0.225 e. The molecule has 2 fully saturated rings. The molecule has 22 heavy (non-hydrogen) atoms. The molecule has 0 bridgehead atoms. The van der Waals surface area contributed by atoms with E-state index in [1.54, 1.807) is 0 Å². The van der Waals surface area contributed by atoms with Crippen molar-refractivity contribution >= 4 is 17.5 Å². The van der Waals surface area contributed by atoms with Gasteiger partial charge in [-0.25, -0.2) is 0 Å². The summed E-state index contributed by atoms with van der Waals surface area (Å²) in [6.45, 7) is 5.78. The Labute approximate surface area is 138 Å². The molecule has 1 aliphatic heterocycles. The molecule has 0 radical (unpaired) electrons. The van der Waals surface area contributed by atoms with E-state index in [-0.39, 0.29) is 0 Å². The first-order chi connectivity index (χ1) is 10.7. The van der Waals surface area contributed by atoms with Crippen molar-refractivity contribution in [2.24, 2.45) is 5.92 Å². The van der Waals surface area contributed by atoms with E-state index in [9.17, 15) is 4.79 Å². The van der Waals surface area contributed by atoms with Crippen LogP contribution in [0, 0.1) is 5.92 Å². The zero-order chi connectivity index (χ0) is 15.5. The van der Waals surface area contributed by atoms with E-state index in [0.29, 0.717) is 17.9 Å². The third kappa shape index (κ3) is 3.31. The number of nitrogens with zero attached hydrogens (tertiary/aromatic N) is 2. The number of halogens is 1. The van der Waals surface area contributed by atoms with Gasteiger partial charge in [-0.3, -0.25) is 9.69 Å². The van der Waals surface area contributed by atoms with E-state index in [2.05, 4.69) is 22.8 Å². The summed E-state index contributed by atoms with van der Waals surface area (Å²) in [5.41, 5.74) is 1.18. The van der Waals surface area contributed by atoms with Crippen molar-refractivity contribution in [1.29, 1.82) is 0 Å². The number of piperazine rings is 1. The largest absolute Gasteiger partial charge is 0.340 e. The van der Waals surface area contributed by atoms with Crippen molar-refractivity contribution in [3.8, 4) is 0 Å². The first-order valence-corrected chi connectivity index (χ1v) is 8.82. The van der Waals surface area contributed by atoms with Gasteiger partial charge in [-0.1, -0.05) is 42.6 Å². The molecular formula is C18H25ClN2O. The number of carbonyl (C=O) groups is 1. The summed E-state index contributed by atoms with van der Waals surface area (Å²) < 4.78 is 0. The van der Waals surface area contributed by atoms with Crippen LogP contribution in [0.5, 0.6) is 0 Å². The Bertz CT molecular complexity index is 520. The maximum absolute atomic E-state index is 12.5. The van der Waals surface area contributed by atoms with Gasteiger partial charge in [0.1, 0.15) is 0 Å². The summed E-state index contributed by atoms with van der Waals surface area (Å²) in [5, 5.41) is 0.833. The molecular weight excluding hydrogens is 296 g/mol. The number of hydrogen-bond donors (Lipinski definition) is 0. The summed E-state index contributed by atoms with van der Waals surface area (Å²) in [6, 6.07) is 8.36. The average Bonchev–Trinajstić information content (AvgIpc) is 3.09. The number of hydrogen-bond acceptors (Lipinski definition) is 2. The van der Waals surface area contributed by atoms with Crippen molar-refractivity contribution < 1.29 is 4.79 Å². The van der Waals surface area contributed by atoms with Crippen LogP contribution >= 0.6 is 11.6 Å². The Morgan fingerprint density at radius 1 is 1.14 bits per heavy atom. The fourth-order valence-electron chi connectivity index (χ4n) is 3.77. The average molecular weight is 321 g/mol. The van der Waals surface area contributed by atoms with E-state index in [1.165, 1.54) is 18.4 Å². The van der Waals surface area contributed by atoms with Gasteiger partial charge in [-0.05, 0) is 31.4 Å². The topological polar surface area (TPSA) is 23.6 Å². The van der Waals surface area contributed by atoms with Gasteiger partial charge in [0.25, 0.3) is 0 Å². The Balaban J connectivity index is 1.57. The van der Waals surface area contributed by atoms with Crippen LogP contribution in [0.1, 0.15) is 44.2 Å². The van der Waals surface area contributed by atoms with E-state index in [4.69, 9.17) is 11.6 Å².